The van der Waals surface area contributed by atoms with Gasteiger partial charge in [-0.15, -0.1) is 0 Å². The lowest BCUT2D eigenvalue weighted by atomic mass is 9.88. The SMILES string of the molecule is CC1=C[C@@](C)(c2cc(CC(=O)c3ncc(C#N)cc3F)ccc2F)N=C(N)O1. The van der Waals surface area contributed by atoms with Crippen LogP contribution in [0.25, 0.3) is 0 Å². The van der Waals surface area contributed by atoms with Crippen LogP contribution < -0.4 is 5.73 Å². The van der Waals surface area contributed by atoms with Crippen LogP contribution in [-0.2, 0) is 16.7 Å². The number of aliphatic imine (C=N–C) groups is 1. The van der Waals surface area contributed by atoms with E-state index in [1.807, 2.05) is 0 Å². The predicted octanol–water partition coefficient (Wildman–Crippen LogP) is 3.12. The fourth-order valence-electron chi connectivity index (χ4n) is 3.06. The minimum atomic E-state index is -1.10. The van der Waals surface area contributed by atoms with E-state index in [0.29, 0.717) is 11.3 Å². The van der Waals surface area contributed by atoms with Gasteiger partial charge in [0.05, 0.1) is 5.56 Å². The van der Waals surface area contributed by atoms with Crippen LogP contribution in [0.1, 0.15) is 41.0 Å². The summed E-state index contributed by atoms with van der Waals surface area (Å²) in [5.74, 6) is -1.52. The second-order valence-electron chi connectivity index (χ2n) is 6.53. The monoisotopic (exact) mass is 382 g/mol. The predicted molar refractivity (Wildman–Crippen MR) is 97.2 cm³/mol. The summed E-state index contributed by atoms with van der Waals surface area (Å²) in [5.41, 5.74) is 4.86. The first-order chi connectivity index (χ1) is 13.2. The van der Waals surface area contributed by atoms with Crippen LogP contribution in [0, 0.1) is 23.0 Å². The number of allylic oxidation sites excluding steroid dienone is 1. The third-order valence-electron chi connectivity index (χ3n) is 4.27. The van der Waals surface area contributed by atoms with Gasteiger partial charge in [0, 0.05) is 18.2 Å². The smallest absolute Gasteiger partial charge is 0.288 e. The number of ether oxygens (including phenoxy) is 1. The normalized spacial score (nSPS) is 18.5. The lowest BCUT2D eigenvalue weighted by Gasteiger charge is -2.27. The number of amidine groups is 1. The number of nitrogens with zero attached hydrogens (tertiary/aromatic N) is 3. The summed E-state index contributed by atoms with van der Waals surface area (Å²) in [6.45, 7) is 3.34. The van der Waals surface area contributed by atoms with Crippen LogP contribution in [0.15, 0.2) is 47.3 Å². The van der Waals surface area contributed by atoms with Crippen LogP contribution in [0.4, 0.5) is 8.78 Å². The number of pyridine rings is 1. The minimum absolute atomic E-state index is 0.0168. The molecule has 0 fully saturated rings. The van der Waals surface area contributed by atoms with E-state index >= 15 is 0 Å². The molecule has 0 saturated heterocycles. The highest BCUT2D eigenvalue weighted by Crippen LogP contribution is 2.34. The van der Waals surface area contributed by atoms with E-state index < -0.39 is 23.0 Å². The van der Waals surface area contributed by atoms with Gasteiger partial charge in [-0.1, -0.05) is 6.07 Å². The summed E-state index contributed by atoms with van der Waals surface area (Å²) < 4.78 is 33.7. The van der Waals surface area contributed by atoms with Crippen molar-refractivity contribution in [1.82, 2.24) is 4.98 Å². The van der Waals surface area contributed by atoms with E-state index in [4.69, 9.17) is 15.7 Å². The number of ketones is 1. The van der Waals surface area contributed by atoms with Crippen molar-refractivity contribution in [3.05, 3.63) is 76.3 Å². The molecule has 0 radical (unpaired) electrons. The summed E-state index contributed by atoms with van der Waals surface area (Å²) in [7, 11) is 0. The molecule has 0 unspecified atom stereocenters. The lowest BCUT2D eigenvalue weighted by molar-refractivity contribution is 0.0984. The summed E-state index contributed by atoms with van der Waals surface area (Å²) >= 11 is 0. The van der Waals surface area contributed by atoms with E-state index in [9.17, 15) is 13.6 Å². The zero-order valence-corrected chi connectivity index (χ0v) is 15.2. The van der Waals surface area contributed by atoms with Gasteiger partial charge in [-0.05, 0) is 43.7 Å². The number of hydrogen-bond acceptors (Lipinski definition) is 6. The maximum absolute atomic E-state index is 14.5. The van der Waals surface area contributed by atoms with Crippen molar-refractivity contribution in [2.45, 2.75) is 25.8 Å². The number of Topliss-reactive ketones (excluding diaryl/α,β-unsaturated/α-hetero) is 1. The number of rotatable bonds is 4. The summed E-state index contributed by atoms with van der Waals surface area (Å²) in [6, 6.07) is 6.75. The number of hydrogen-bond donors (Lipinski definition) is 1. The zero-order chi connectivity index (χ0) is 20.5. The molecule has 1 aliphatic rings. The molecule has 2 N–H and O–H groups in total. The molecule has 8 heteroatoms. The maximum Gasteiger partial charge on any atom is 0.288 e. The van der Waals surface area contributed by atoms with Crippen molar-refractivity contribution in [3.8, 4) is 6.07 Å². The average Bonchev–Trinajstić information content (AvgIpc) is 2.61. The first-order valence-electron chi connectivity index (χ1n) is 8.32. The molecule has 2 heterocycles. The second kappa shape index (κ2) is 7.19. The molecule has 0 spiro atoms. The van der Waals surface area contributed by atoms with Crippen LogP contribution in [0.2, 0.25) is 0 Å². The molecule has 0 bridgehead atoms. The third kappa shape index (κ3) is 3.74. The van der Waals surface area contributed by atoms with Crippen molar-refractivity contribution >= 4 is 11.8 Å². The highest BCUT2D eigenvalue weighted by Gasteiger charge is 2.31. The molecular weight excluding hydrogens is 366 g/mol. The molecule has 0 saturated carbocycles. The Morgan fingerprint density at radius 3 is 2.71 bits per heavy atom. The number of carbonyl (C=O) groups excluding carboxylic acids is 1. The van der Waals surface area contributed by atoms with Crippen molar-refractivity contribution in [2.24, 2.45) is 10.7 Å². The van der Waals surface area contributed by atoms with E-state index in [1.54, 1.807) is 26.0 Å². The molecule has 6 nitrogen and oxygen atoms in total. The first-order valence-corrected chi connectivity index (χ1v) is 8.32. The van der Waals surface area contributed by atoms with Gasteiger partial charge in [0.15, 0.2) is 11.6 Å². The number of benzene rings is 1. The van der Waals surface area contributed by atoms with E-state index in [0.717, 1.165) is 12.3 Å². The third-order valence-corrected chi connectivity index (χ3v) is 4.27. The molecule has 1 aliphatic heterocycles. The van der Waals surface area contributed by atoms with Crippen LogP contribution in [-0.4, -0.2) is 16.8 Å². The van der Waals surface area contributed by atoms with Gasteiger partial charge in [0.1, 0.15) is 28.9 Å². The van der Waals surface area contributed by atoms with Gasteiger partial charge in [-0.2, -0.15) is 5.26 Å². The molecule has 0 amide bonds. The number of aromatic nitrogens is 1. The Kier molecular flexibility index (Phi) is 4.92. The van der Waals surface area contributed by atoms with E-state index in [2.05, 4.69) is 9.98 Å². The molecule has 28 heavy (non-hydrogen) atoms. The Morgan fingerprint density at radius 2 is 2.07 bits per heavy atom. The van der Waals surface area contributed by atoms with Crippen LogP contribution in [0.5, 0.6) is 0 Å². The van der Waals surface area contributed by atoms with Crippen LogP contribution in [0.3, 0.4) is 0 Å². The van der Waals surface area contributed by atoms with Gasteiger partial charge in [-0.3, -0.25) is 4.79 Å². The number of carbonyl (C=O) groups is 1. The zero-order valence-electron chi connectivity index (χ0n) is 15.2. The average molecular weight is 382 g/mol. The molecule has 2 aromatic rings. The van der Waals surface area contributed by atoms with E-state index in [1.165, 1.54) is 18.2 Å². The summed E-state index contributed by atoms with van der Waals surface area (Å²) in [5, 5.41) is 8.76. The number of nitriles is 1. The molecule has 1 aromatic heterocycles. The van der Waals surface area contributed by atoms with Crippen LogP contribution >= 0.6 is 0 Å². The standard InChI is InChI=1S/C20H16F2N4O2/c1-11-8-20(2,26-19(24)28-11)14-5-12(3-4-15(14)21)7-17(27)18-16(22)6-13(9-23)10-25-18/h3-6,8,10H,7H2,1-2H3,(H2,24,26)/t20-/m0/s1. The fraction of sp³-hybridized carbons (Fsp3) is 0.200. The van der Waals surface area contributed by atoms with Gasteiger partial charge >= 0.3 is 0 Å². The fourth-order valence-corrected chi connectivity index (χ4v) is 3.06. The Morgan fingerprint density at radius 1 is 1.32 bits per heavy atom. The Balaban J connectivity index is 1.93. The second-order valence-corrected chi connectivity index (χ2v) is 6.53. The highest BCUT2D eigenvalue weighted by atomic mass is 19.1. The minimum Gasteiger partial charge on any atom is -0.431 e. The molecule has 1 atom stereocenters. The maximum atomic E-state index is 14.5. The molecule has 142 valence electrons. The van der Waals surface area contributed by atoms with Gasteiger partial charge in [-0.25, -0.2) is 18.8 Å². The quantitative estimate of drug-likeness (QED) is 0.819. The van der Waals surface area contributed by atoms with Crippen molar-refractivity contribution in [1.29, 1.82) is 5.26 Å². The number of nitrogens with two attached hydrogens (primary N) is 1. The Bertz CT molecular complexity index is 1050. The van der Waals surface area contributed by atoms with E-state index in [-0.39, 0.29) is 29.3 Å². The van der Waals surface area contributed by atoms with Gasteiger partial charge in [0.2, 0.25) is 0 Å². The summed E-state index contributed by atoms with van der Waals surface area (Å²) in [4.78, 5) is 20.3. The molecular formula is C20H16F2N4O2. The van der Waals surface area contributed by atoms with Crippen molar-refractivity contribution < 1.29 is 18.3 Å². The Hall–Kier alpha value is -3.60. The lowest BCUT2D eigenvalue weighted by Crippen LogP contribution is -2.30. The molecule has 0 aliphatic carbocycles. The topological polar surface area (TPSA) is 101 Å². The van der Waals surface area contributed by atoms with Gasteiger partial charge in [0.25, 0.3) is 6.02 Å². The summed E-state index contributed by atoms with van der Waals surface area (Å²) in [6.07, 6.45) is 2.55. The molecule has 3 rings (SSSR count). The van der Waals surface area contributed by atoms with Gasteiger partial charge < -0.3 is 10.5 Å². The van der Waals surface area contributed by atoms with Crippen molar-refractivity contribution in [2.75, 3.05) is 0 Å². The number of halogens is 2. The molecule has 1 aromatic carbocycles. The van der Waals surface area contributed by atoms with Crippen molar-refractivity contribution in [3.63, 3.8) is 0 Å². The first kappa shape index (κ1) is 19.2. The Labute approximate surface area is 160 Å². The highest BCUT2D eigenvalue weighted by molar-refractivity contribution is 5.96. The largest absolute Gasteiger partial charge is 0.431 e.